The van der Waals surface area contributed by atoms with Crippen LogP contribution < -0.4 is 5.73 Å². The number of likely N-dealkylation sites (tertiary alicyclic amines) is 1. The second kappa shape index (κ2) is 5.26. The van der Waals surface area contributed by atoms with Crippen LogP contribution in [0, 0.1) is 11.3 Å². The summed E-state index contributed by atoms with van der Waals surface area (Å²) >= 11 is 0. The van der Waals surface area contributed by atoms with Crippen molar-refractivity contribution < 1.29 is 14.3 Å². The third kappa shape index (κ3) is 2.36. The van der Waals surface area contributed by atoms with Crippen LogP contribution in [0.25, 0.3) is 0 Å². The van der Waals surface area contributed by atoms with E-state index in [-0.39, 0.29) is 11.9 Å². The molecule has 0 bridgehead atoms. The molecule has 2 rings (SSSR count). The number of nitrogens with two attached hydrogens (primary N) is 1. The molecule has 0 aromatic rings. The van der Waals surface area contributed by atoms with Crippen molar-refractivity contribution in [2.45, 2.75) is 32.1 Å². The highest BCUT2D eigenvalue weighted by atomic mass is 16.5. The average molecular weight is 254 g/mol. The first kappa shape index (κ1) is 13.3. The Hall–Kier alpha value is -1.10. The van der Waals surface area contributed by atoms with Crippen molar-refractivity contribution in [3.8, 4) is 0 Å². The Morgan fingerprint density at radius 1 is 1.44 bits per heavy atom. The number of rotatable bonds is 4. The fraction of sp³-hybridized carbons (Fsp3) is 0.846. The molecule has 2 fully saturated rings. The highest BCUT2D eigenvalue weighted by Gasteiger charge is 2.59. The summed E-state index contributed by atoms with van der Waals surface area (Å²) in [5.41, 5.74) is 4.72. The van der Waals surface area contributed by atoms with E-state index in [0.717, 1.165) is 32.4 Å². The largest absolute Gasteiger partial charge is 0.468 e. The van der Waals surface area contributed by atoms with E-state index in [1.807, 2.05) is 4.90 Å². The molecule has 1 amide bonds. The second-order valence-corrected chi connectivity index (χ2v) is 5.41. The van der Waals surface area contributed by atoms with Gasteiger partial charge in [0.2, 0.25) is 5.91 Å². The molecule has 1 saturated heterocycles. The average Bonchev–Trinajstić information content (AvgIpc) is 3.19. The molecule has 18 heavy (non-hydrogen) atoms. The molecule has 1 saturated carbocycles. The normalized spacial score (nSPS) is 25.7. The number of esters is 1. The molecule has 0 spiro atoms. The maximum absolute atomic E-state index is 12.4. The quantitative estimate of drug-likeness (QED) is 0.586. The first-order valence-corrected chi connectivity index (χ1v) is 6.72. The molecule has 102 valence electrons. The van der Waals surface area contributed by atoms with Crippen LogP contribution in [0.4, 0.5) is 0 Å². The maximum atomic E-state index is 12.4. The topological polar surface area (TPSA) is 72.6 Å². The van der Waals surface area contributed by atoms with E-state index < -0.39 is 5.41 Å². The first-order valence-electron chi connectivity index (χ1n) is 6.72. The second-order valence-electron chi connectivity index (χ2n) is 5.41. The van der Waals surface area contributed by atoms with Crippen LogP contribution in [0.2, 0.25) is 0 Å². The van der Waals surface area contributed by atoms with Crippen molar-refractivity contribution in [3.63, 3.8) is 0 Å². The van der Waals surface area contributed by atoms with Gasteiger partial charge in [0.1, 0.15) is 5.41 Å². The van der Waals surface area contributed by atoms with E-state index in [4.69, 9.17) is 10.5 Å². The summed E-state index contributed by atoms with van der Waals surface area (Å²) in [5, 5.41) is 0. The van der Waals surface area contributed by atoms with Crippen molar-refractivity contribution in [2.24, 2.45) is 17.1 Å². The van der Waals surface area contributed by atoms with Gasteiger partial charge in [0, 0.05) is 13.1 Å². The SMILES string of the molecule is COC(=O)C1(C(=O)N2CCC[C@@H](CCN)C2)CC1. The monoisotopic (exact) mass is 254 g/mol. The number of ether oxygens (including phenoxy) is 1. The number of methoxy groups -OCH3 is 1. The van der Waals surface area contributed by atoms with Crippen LogP contribution in [0.5, 0.6) is 0 Å². The zero-order chi connectivity index (χ0) is 13.2. The molecule has 2 N–H and O–H groups in total. The summed E-state index contributed by atoms with van der Waals surface area (Å²) in [7, 11) is 1.35. The van der Waals surface area contributed by atoms with Gasteiger partial charge < -0.3 is 15.4 Å². The summed E-state index contributed by atoms with van der Waals surface area (Å²) in [6.45, 7) is 2.17. The fourth-order valence-electron chi connectivity index (χ4n) is 2.85. The molecule has 1 atom stereocenters. The van der Waals surface area contributed by atoms with Crippen LogP contribution in [-0.4, -0.2) is 43.5 Å². The molecule has 0 radical (unpaired) electrons. The Labute approximate surface area is 108 Å². The van der Waals surface area contributed by atoms with Gasteiger partial charge in [-0.05, 0) is 44.6 Å². The van der Waals surface area contributed by atoms with Crippen LogP contribution in [0.1, 0.15) is 32.1 Å². The van der Waals surface area contributed by atoms with Crippen LogP contribution in [0.3, 0.4) is 0 Å². The predicted octanol–water partition coefficient (Wildman–Crippen LogP) is 0.527. The summed E-state index contributed by atoms with van der Waals surface area (Å²) in [5.74, 6) is 0.0886. The number of piperidine rings is 1. The zero-order valence-corrected chi connectivity index (χ0v) is 11.0. The lowest BCUT2D eigenvalue weighted by molar-refractivity contribution is -0.156. The number of hydrogen-bond donors (Lipinski definition) is 1. The minimum Gasteiger partial charge on any atom is -0.468 e. The molecule has 2 aliphatic rings. The molecule has 0 unspecified atom stereocenters. The smallest absolute Gasteiger partial charge is 0.321 e. The molecule has 0 aromatic carbocycles. The molecule has 5 nitrogen and oxygen atoms in total. The van der Waals surface area contributed by atoms with E-state index >= 15 is 0 Å². The number of amides is 1. The summed E-state index contributed by atoms with van der Waals surface area (Å²) < 4.78 is 4.76. The third-order valence-electron chi connectivity index (χ3n) is 4.12. The minimum absolute atomic E-state index is 0.0314. The van der Waals surface area contributed by atoms with Crippen molar-refractivity contribution in [2.75, 3.05) is 26.7 Å². The number of carbonyl (C=O) groups excluding carboxylic acids is 2. The van der Waals surface area contributed by atoms with E-state index in [9.17, 15) is 9.59 Å². The lowest BCUT2D eigenvalue weighted by atomic mass is 9.93. The molecule has 5 heteroatoms. The third-order valence-corrected chi connectivity index (χ3v) is 4.12. The van der Waals surface area contributed by atoms with Gasteiger partial charge in [-0.1, -0.05) is 0 Å². The Morgan fingerprint density at radius 3 is 2.72 bits per heavy atom. The van der Waals surface area contributed by atoms with Crippen molar-refractivity contribution in [3.05, 3.63) is 0 Å². The summed E-state index contributed by atoms with van der Waals surface area (Å²) in [4.78, 5) is 26.0. The molecule has 0 aromatic heterocycles. The van der Waals surface area contributed by atoms with E-state index in [2.05, 4.69) is 0 Å². The number of carbonyl (C=O) groups is 2. The standard InChI is InChI=1S/C13H22N2O3/c1-18-12(17)13(5-6-13)11(16)15-8-2-3-10(9-15)4-7-14/h10H,2-9,14H2,1H3/t10-/m0/s1. The van der Waals surface area contributed by atoms with Gasteiger partial charge in [-0.15, -0.1) is 0 Å². The van der Waals surface area contributed by atoms with Crippen molar-refractivity contribution >= 4 is 11.9 Å². The van der Waals surface area contributed by atoms with Gasteiger partial charge in [0.15, 0.2) is 0 Å². The molecule has 1 aliphatic heterocycles. The van der Waals surface area contributed by atoms with E-state index in [1.165, 1.54) is 7.11 Å². The lowest BCUT2D eigenvalue weighted by Gasteiger charge is -2.34. The maximum Gasteiger partial charge on any atom is 0.321 e. The van der Waals surface area contributed by atoms with E-state index in [1.54, 1.807) is 0 Å². The number of hydrogen-bond acceptors (Lipinski definition) is 4. The van der Waals surface area contributed by atoms with Crippen LogP contribution in [-0.2, 0) is 14.3 Å². The fourth-order valence-corrected chi connectivity index (χ4v) is 2.85. The van der Waals surface area contributed by atoms with Gasteiger partial charge in [-0.2, -0.15) is 0 Å². The minimum atomic E-state index is -0.848. The predicted molar refractivity (Wildman–Crippen MR) is 66.7 cm³/mol. The Kier molecular flexibility index (Phi) is 3.90. The van der Waals surface area contributed by atoms with E-state index in [0.29, 0.717) is 25.3 Å². The first-order chi connectivity index (χ1) is 8.64. The number of nitrogens with zero attached hydrogens (tertiary/aromatic N) is 1. The van der Waals surface area contributed by atoms with Gasteiger partial charge >= 0.3 is 5.97 Å². The summed E-state index contributed by atoms with van der Waals surface area (Å²) in [6, 6.07) is 0. The Morgan fingerprint density at radius 2 is 2.17 bits per heavy atom. The molecular formula is C13H22N2O3. The highest BCUT2D eigenvalue weighted by molar-refractivity contribution is 6.05. The lowest BCUT2D eigenvalue weighted by Crippen LogP contribution is -2.46. The van der Waals surface area contributed by atoms with Gasteiger partial charge in [0.05, 0.1) is 7.11 Å². The van der Waals surface area contributed by atoms with Gasteiger partial charge in [-0.3, -0.25) is 9.59 Å². The Bertz CT molecular complexity index is 337. The molecular weight excluding hydrogens is 232 g/mol. The molecule has 1 heterocycles. The summed E-state index contributed by atoms with van der Waals surface area (Å²) in [6.07, 6.45) is 4.36. The van der Waals surface area contributed by atoms with Crippen LogP contribution >= 0.6 is 0 Å². The van der Waals surface area contributed by atoms with Crippen LogP contribution in [0.15, 0.2) is 0 Å². The molecule has 1 aliphatic carbocycles. The van der Waals surface area contributed by atoms with Crippen molar-refractivity contribution in [1.82, 2.24) is 4.90 Å². The van der Waals surface area contributed by atoms with Crippen molar-refractivity contribution in [1.29, 1.82) is 0 Å². The highest BCUT2D eigenvalue weighted by Crippen LogP contribution is 2.48. The zero-order valence-electron chi connectivity index (χ0n) is 11.0. The van der Waals surface area contributed by atoms with Gasteiger partial charge in [-0.25, -0.2) is 0 Å². The Balaban J connectivity index is 1.99. The van der Waals surface area contributed by atoms with Gasteiger partial charge in [0.25, 0.3) is 0 Å².